The van der Waals surface area contributed by atoms with Crippen LogP contribution in [0.15, 0.2) is 58.4 Å². The summed E-state index contributed by atoms with van der Waals surface area (Å²) in [5.41, 5.74) is 1.48. The normalized spacial score (nSPS) is 17.6. The molecule has 2 aromatic rings. The molecule has 0 saturated carbocycles. The maximum absolute atomic E-state index is 12.9. The van der Waals surface area contributed by atoms with Gasteiger partial charge in [0.15, 0.2) is 5.17 Å². The van der Waals surface area contributed by atoms with E-state index in [2.05, 4.69) is 10.3 Å². The van der Waals surface area contributed by atoms with E-state index in [1.54, 1.807) is 25.3 Å². The molecule has 0 radical (unpaired) electrons. The van der Waals surface area contributed by atoms with Crippen molar-refractivity contribution in [2.45, 2.75) is 0 Å². The van der Waals surface area contributed by atoms with E-state index in [0.29, 0.717) is 15.8 Å². The molecule has 0 aromatic heterocycles. The number of nitrogens with zero attached hydrogens (tertiary/aromatic N) is 1. The van der Waals surface area contributed by atoms with Crippen molar-refractivity contribution in [3.05, 3.63) is 64.8 Å². The van der Waals surface area contributed by atoms with Crippen LogP contribution in [0.25, 0.3) is 6.08 Å². The third-order valence-electron chi connectivity index (χ3n) is 3.12. The van der Waals surface area contributed by atoms with E-state index >= 15 is 0 Å². The van der Waals surface area contributed by atoms with Crippen LogP contribution in [-0.2, 0) is 4.79 Å². The summed E-state index contributed by atoms with van der Waals surface area (Å²) in [5.74, 6) is 0.234. The molecule has 6 heteroatoms. The lowest BCUT2D eigenvalue weighted by Crippen LogP contribution is -2.19. The van der Waals surface area contributed by atoms with E-state index in [9.17, 15) is 9.18 Å². The lowest BCUT2D eigenvalue weighted by molar-refractivity contribution is -0.115. The van der Waals surface area contributed by atoms with Gasteiger partial charge in [-0.3, -0.25) is 4.79 Å². The number of thioether (sulfide) groups is 1. The molecule has 0 aliphatic carbocycles. The van der Waals surface area contributed by atoms with Crippen molar-refractivity contribution in [1.82, 2.24) is 5.32 Å². The second-order valence-corrected chi connectivity index (χ2v) is 5.76. The van der Waals surface area contributed by atoms with Crippen LogP contribution in [0, 0.1) is 5.82 Å². The number of aliphatic imine (C=N–C) groups is 1. The molecule has 1 N–H and O–H groups in total. The van der Waals surface area contributed by atoms with Crippen molar-refractivity contribution in [2.75, 3.05) is 7.11 Å². The highest BCUT2D eigenvalue weighted by molar-refractivity contribution is 8.18. The number of hydrogen-bond acceptors (Lipinski definition) is 4. The van der Waals surface area contributed by atoms with Crippen molar-refractivity contribution >= 4 is 34.6 Å². The number of halogens is 1. The first-order valence-electron chi connectivity index (χ1n) is 6.83. The lowest BCUT2D eigenvalue weighted by Gasteiger charge is -1.99. The second-order valence-electron chi connectivity index (χ2n) is 4.73. The van der Waals surface area contributed by atoms with Crippen molar-refractivity contribution < 1.29 is 13.9 Å². The van der Waals surface area contributed by atoms with Crippen LogP contribution < -0.4 is 10.1 Å². The number of amidine groups is 1. The predicted octanol–water partition coefficient (Wildman–Crippen LogP) is 3.73. The van der Waals surface area contributed by atoms with Gasteiger partial charge in [0.1, 0.15) is 11.6 Å². The van der Waals surface area contributed by atoms with Gasteiger partial charge in [-0.25, -0.2) is 9.38 Å². The molecule has 4 nitrogen and oxygen atoms in total. The van der Waals surface area contributed by atoms with Gasteiger partial charge in [0.05, 0.1) is 17.7 Å². The van der Waals surface area contributed by atoms with E-state index in [1.807, 2.05) is 24.3 Å². The Hall–Kier alpha value is -2.60. The third kappa shape index (κ3) is 3.78. The van der Waals surface area contributed by atoms with Crippen LogP contribution in [-0.4, -0.2) is 18.2 Å². The van der Waals surface area contributed by atoms with Crippen LogP contribution in [0.1, 0.15) is 5.56 Å². The van der Waals surface area contributed by atoms with Crippen LogP contribution >= 0.6 is 11.8 Å². The molecule has 1 fully saturated rings. The molecule has 116 valence electrons. The van der Waals surface area contributed by atoms with Gasteiger partial charge in [-0.05, 0) is 59.8 Å². The van der Waals surface area contributed by atoms with Gasteiger partial charge < -0.3 is 10.1 Å². The monoisotopic (exact) mass is 328 g/mol. The Bertz CT molecular complexity index is 783. The van der Waals surface area contributed by atoms with Crippen LogP contribution in [0.5, 0.6) is 5.75 Å². The number of nitrogens with one attached hydrogen (secondary N) is 1. The fraction of sp³-hybridized carbons (Fsp3) is 0.0588. The zero-order chi connectivity index (χ0) is 16.2. The number of ether oxygens (including phenoxy) is 1. The van der Waals surface area contributed by atoms with Crippen LogP contribution in [0.4, 0.5) is 10.1 Å². The number of carbonyl (C=O) groups is 1. The fourth-order valence-corrected chi connectivity index (χ4v) is 2.81. The molecule has 1 aliphatic rings. The molecule has 0 atom stereocenters. The number of benzene rings is 2. The quantitative estimate of drug-likeness (QED) is 0.874. The third-order valence-corrected chi connectivity index (χ3v) is 4.03. The van der Waals surface area contributed by atoms with Gasteiger partial charge in [-0.2, -0.15) is 0 Å². The molecule has 2 aromatic carbocycles. The number of methoxy groups -OCH3 is 1. The average molecular weight is 328 g/mol. The van der Waals surface area contributed by atoms with Gasteiger partial charge in [0.2, 0.25) is 0 Å². The minimum Gasteiger partial charge on any atom is -0.497 e. The first-order valence-corrected chi connectivity index (χ1v) is 7.65. The molecule has 0 unspecified atom stereocenters. The first kappa shape index (κ1) is 15.3. The molecule has 1 amide bonds. The van der Waals surface area contributed by atoms with Gasteiger partial charge in [0.25, 0.3) is 5.91 Å². The second kappa shape index (κ2) is 6.66. The van der Waals surface area contributed by atoms with Gasteiger partial charge in [-0.1, -0.05) is 12.1 Å². The number of amides is 1. The molecule has 1 aliphatic heterocycles. The Balaban J connectivity index is 1.78. The van der Waals surface area contributed by atoms with Gasteiger partial charge >= 0.3 is 0 Å². The van der Waals surface area contributed by atoms with Gasteiger partial charge in [-0.15, -0.1) is 0 Å². The Morgan fingerprint density at radius 3 is 2.48 bits per heavy atom. The van der Waals surface area contributed by atoms with E-state index in [-0.39, 0.29) is 11.7 Å². The number of carbonyl (C=O) groups excluding carboxylic acids is 1. The van der Waals surface area contributed by atoms with Crippen molar-refractivity contribution in [3.63, 3.8) is 0 Å². The van der Waals surface area contributed by atoms with Crippen molar-refractivity contribution in [2.24, 2.45) is 4.99 Å². The topological polar surface area (TPSA) is 50.7 Å². The number of rotatable bonds is 3. The van der Waals surface area contributed by atoms with Crippen LogP contribution in [0.2, 0.25) is 0 Å². The average Bonchev–Trinajstić information content (AvgIpc) is 2.90. The van der Waals surface area contributed by atoms with Crippen molar-refractivity contribution in [1.29, 1.82) is 0 Å². The highest BCUT2D eigenvalue weighted by Crippen LogP contribution is 2.28. The van der Waals surface area contributed by atoms with Gasteiger partial charge in [0, 0.05) is 0 Å². The highest BCUT2D eigenvalue weighted by Gasteiger charge is 2.23. The van der Waals surface area contributed by atoms with E-state index < -0.39 is 0 Å². The Kier molecular flexibility index (Phi) is 4.43. The minimum absolute atomic E-state index is 0.202. The molecule has 1 saturated heterocycles. The maximum Gasteiger partial charge on any atom is 0.264 e. The molecule has 23 heavy (non-hydrogen) atoms. The van der Waals surface area contributed by atoms with Crippen LogP contribution in [0.3, 0.4) is 0 Å². The lowest BCUT2D eigenvalue weighted by atomic mass is 10.2. The van der Waals surface area contributed by atoms with E-state index in [0.717, 1.165) is 11.3 Å². The summed E-state index contributed by atoms with van der Waals surface area (Å²) in [6.07, 6.45) is 1.78. The molecule has 1 heterocycles. The summed E-state index contributed by atoms with van der Waals surface area (Å²) in [6.45, 7) is 0. The molecular formula is C17H13FN2O2S. The standard InChI is InChI=1S/C17H13FN2O2S/c1-22-14-8-2-11(3-9-14)10-15-16(21)20-17(23-15)19-13-6-4-12(18)5-7-13/h2-10H,1H3,(H,19,20,21). The smallest absolute Gasteiger partial charge is 0.264 e. The largest absolute Gasteiger partial charge is 0.497 e. The summed E-state index contributed by atoms with van der Waals surface area (Å²) in [5, 5.41) is 3.17. The van der Waals surface area contributed by atoms with E-state index in [1.165, 1.54) is 23.9 Å². The fourth-order valence-electron chi connectivity index (χ4n) is 1.96. The minimum atomic E-state index is -0.322. The predicted molar refractivity (Wildman–Crippen MR) is 90.2 cm³/mol. The highest BCUT2D eigenvalue weighted by atomic mass is 32.2. The van der Waals surface area contributed by atoms with E-state index in [4.69, 9.17) is 4.74 Å². The maximum atomic E-state index is 12.9. The molecule has 0 spiro atoms. The molecule has 3 rings (SSSR count). The summed E-state index contributed by atoms with van der Waals surface area (Å²) in [7, 11) is 1.60. The summed E-state index contributed by atoms with van der Waals surface area (Å²) in [6, 6.07) is 13.2. The Morgan fingerprint density at radius 1 is 1.13 bits per heavy atom. The number of hydrogen-bond donors (Lipinski definition) is 1. The molecule has 0 bridgehead atoms. The summed E-state index contributed by atoms with van der Waals surface area (Å²) < 4.78 is 18.0. The SMILES string of the molecule is COc1ccc(C=C2SC(=Nc3ccc(F)cc3)NC2=O)cc1. The summed E-state index contributed by atoms with van der Waals surface area (Å²) >= 11 is 1.25. The Morgan fingerprint density at radius 2 is 1.83 bits per heavy atom. The molecular weight excluding hydrogens is 315 g/mol. The first-order chi connectivity index (χ1) is 11.1. The Labute approximate surface area is 137 Å². The van der Waals surface area contributed by atoms with Crippen molar-refractivity contribution in [3.8, 4) is 5.75 Å². The summed E-state index contributed by atoms with van der Waals surface area (Å²) in [4.78, 5) is 16.8. The zero-order valence-corrected chi connectivity index (χ0v) is 13.1. The zero-order valence-electron chi connectivity index (χ0n) is 12.2.